The predicted octanol–water partition coefficient (Wildman–Crippen LogP) is 7.06. The molecule has 0 spiro atoms. The van der Waals surface area contributed by atoms with Crippen molar-refractivity contribution < 1.29 is 18.7 Å². The first-order valence-corrected chi connectivity index (χ1v) is 13.4. The molecule has 0 saturated carbocycles. The van der Waals surface area contributed by atoms with Crippen LogP contribution < -0.4 is 5.32 Å². The Morgan fingerprint density at radius 3 is 2.41 bits per heavy atom. The number of benzene rings is 3. The average Bonchev–Trinajstić information content (AvgIpc) is 3.32. The van der Waals surface area contributed by atoms with E-state index in [4.69, 9.17) is 20.8 Å². The number of furan rings is 1. The molecule has 1 saturated heterocycles. The van der Waals surface area contributed by atoms with Crippen molar-refractivity contribution in [1.82, 2.24) is 9.80 Å². The number of hydrogen-bond donors (Lipinski definition) is 1. The SMILES string of the molecule is CC(C)(C)OC(=O)N1CCN(Cc2ccc3cc(-c4ccccc4NC(=O)c4ccccc4Cl)oc3c2)CC1. The molecule has 1 aliphatic heterocycles. The van der Waals surface area contributed by atoms with Gasteiger partial charge in [-0.25, -0.2) is 4.79 Å². The number of nitrogens with zero attached hydrogens (tertiary/aromatic N) is 2. The maximum atomic E-state index is 12.9. The number of nitrogens with one attached hydrogen (secondary N) is 1. The summed E-state index contributed by atoms with van der Waals surface area (Å²) in [6.45, 7) is 9.24. The number of fused-ring (bicyclic) bond motifs is 1. The van der Waals surface area contributed by atoms with Crippen LogP contribution in [-0.4, -0.2) is 53.6 Å². The van der Waals surface area contributed by atoms with Crippen LogP contribution in [0.25, 0.3) is 22.3 Å². The van der Waals surface area contributed by atoms with Gasteiger partial charge in [0.2, 0.25) is 0 Å². The predicted molar refractivity (Wildman–Crippen MR) is 154 cm³/mol. The summed E-state index contributed by atoms with van der Waals surface area (Å²) in [7, 11) is 0. The zero-order valence-electron chi connectivity index (χ0n) is 22.4. The first-order valence-electron chi connectivity index (χ1n) is 13.0. The van der Waals surface area contributed by atoms with Gasteiger partial charge in [0.1, 0.15) is 16.9 Å². The summed E-state index contributed by atoms with van der Waals surface area (Å²) in [5.41, 5.74) is 3.26. The Morgan fingerprint density at radius 2 is 1.67 bits per heavy atom. The quantitative estimate of drug-likeness (QED) is 0.290. The van der Waals surface area contributed by atoms with Crippen LogP contribution in [0, 0.1) is 0 Å². The highest BCUT2D eigenvalue weighted by Crippen LogP contribution is 2.34. The summed E-state index contributed by atoms with van der Waals surface area (Å²) in [5.74, 6) is 0.390. The number of rotatable bonds is 5. The molecule has 2 heterocycles. The van der Waals surface area contributed by atoms with Crippen LogP contribution in [0.2, 0.25) is 5.02 Å². The number of piperazine rings is 1. The summed E-state index contributed by atoms with van der Waals surface area (Å²) < 4.78 is 11.8. The van der Waals surface area contributed by atoms with E-state index < -0.39 is 5.60 Å². The summed E-state index contributed by atoms with van der Waals surface area (Å²) in [6, 6.07) is 22.7. The Kier molecular flexibility index (Phi) is 7.64. The molecule has 0 unspecified atom stereocenters. The van der Waals surface area contributed by atoms with Crippen LogP contribution in [0.15, 0.2) is 77.2 Å². The van der Waals surface area contributed by atoms with Crippen LogP contribution in [0.1, 0.15) is 36.7 Å². The third-order valence-corrected chi connectivity index (χ3v) is 6.90. The van der Waals surface area contributed by atoms with Gasteiger partial charge in [-0.1, -0.05) is 48.0 Å². The molecule has 1 N–H and O–H groups in total. The highest BCUT2D eigenvalue weighted by Gasteiger charge is 2.26. The van der Waals surface area contributed by atoms with Crippen molar-refractivity contribution in [2.75, 3.05) is 31.5 Å². The number of para-hydroxylation sites is 1. The fourth-order valence-corrected chi connectivity index (χ4v) is 4.84. The van der Waals surface area contributed by atoms with E-state index >= 15 is 0 Å². The van der Waals surface area contributed by atoms with Crippen molar-refractivity contribution in [2.45, 2.75) is 32.9 Å². The standard InChI is InChI=1S/C31H32ClN3O4/c1-31(2,3)39-30(37)35-16-14-34(15-17-35)20-21-12-13-22-19-28(38-27(22)18-21)24-9-5-7-11-26(24)33-29(36)23-8-4-6-10-25(23)32/h4-13,18-19H,14-17,20H2,1-3H3,(H,33,36). The third kappa shape index (κ3) is 6.44. The number of carbonyl (C=O) groups is 2. The fourth-order valence-electron chi connectivity index (χ4n) is 4.62. The maximum absolute atomic E-state index is 12.9. The zero-order chi connectivity index (χ0) is 27.6. The van der Waals surface area contributed by atoms with Crippen LogP contribution in [-0.2, 0) is 11.3 Å². The van der Waals surface area contributed by atoms with E-state index in [-0.39, 0.29) is 12.0 Å². The first-order chi connectivity index (χ1) is 18.7. The molecule has 0 bridgehead atoms. The number of halogens is 1. The van der Waals surface area contributed by atoms with Crippen molar-refractivity contribution in [2.24, 2.45) is 0 Å². The minimum atomic E-state index is -0.493. The first kappa shape index (κ1) is 26.8. The van der Waals surface area contributed by atoms with E-state index in [1.807, 2.05) is 51.1 Å². The molecule has 5 rings (SSSR count). The number of ether oxygens (including phenoxy) is 1. The molecule has 0 atom stereocenters. The Balaban J connectivity index is 1.28. The summed E-state index contributed by atoms with van der Waals surface area (Å²) in [6.07, 6.45) is -0.255. The van der Waals surface area contributed by atoms with Gasteiger partial charge in [0, 0.05) is 43.7 Å². The molecule has 3 aromatic carbocycles. The largest absolute Gasteiger partial charge is 0.456 e. The second-order valence-corrected chi connectivity index (χ2v) is 11.1. The van der Waals surface area contributed by atoms with Gasteiger partial charge in [-0.2, -0.15) is 0 Å². The van der Waals surface area contributed by atoms with Crippen LogP contribution in [0.5, 0.6) is 0 Å². The van der Waals surface area contributed by atoms with Gasteiger partial charge in [0.25, 0.3) is 5.91 Å². The van der Waals surface area contributed by atoms with Crippen LogP contribution in [0.3, 0.4) is 0 Å². The number of hydrogen-bond acceptors (Lipinski definition) is 5. The molecule has 4 aromatic rings. The van der Waals surface area contributed by atoms with Gasteiger partial charge in [-0.3, -0.25) is 9.69 Å². The smallest absolute Gasteiger partial charge is 0.410 e. The lowest BCUT2D eigenvalue weighted by atomic mass is 10.1. The van der Waals surface area contributed by atoms with Gasteiger partial charge < -0.3 is 19.4 Å². The lowest BCUT2D eigenvalue weighted by Crippen LogP contribution is -2.49. The molecular formula is C31H32ClN3O4. The molecule has 0 radical (unpaired) electrons. The monoisotopic (exact) mass is 545 g/mol. The highest BCUT2D eigenvalue weighted by molar-refractivity contribution is 6.34. The van der Waals surface area contributed by atoms with Gasteiger partial charge in [0.05, 0.1) is 16.3 Å². The molecule has 8 heteroatoms. The van der Waals surface area contributed by atoms with E-state index in [0.29, 0.717) is 35.1 Å². The molecule has 202 valence electrons. The zero-order valence-corrected chi connectivity index (χ0v) is 23.1. The van der Waals surface area contributed by atoms with Crippen molar-refractivity contribution in [3.8, 4) is 11.3 Å². The van der Waals surface area contributed by atoms with Crippen molar-refractivity contribution in [1.29, 1.82) is 0 Å². The van der Waals surface area contributed by atoms with Crippen LogP contribution in [0.4, 0.5) is 10.5 Å². The van der Waals surface area contributed by atoms with E-state index in [0.717, 1.165) is 41.7 Å². The fraction of sp³-hybridized carbons (Fsp3) is 0.290. The molecular weight excluding hydrogens is 514 g/mol. The highest BCUT2D eigenvalue weighted by atomic mass is 35.5. The van der Waals surface area contributed by atoms with Gasteiger partial charge in [0.15, 0.2) is 0 Å². The van der Waals surface area contributed by atoms with Crippen LogP contribution >= 0.6 is 11.6 Å². The minimum Gasteiger partial charge on any atom is -0.456 e. The molecule has 39 heavy (non-hydrogen) atoms. The van der Waals surface area contributed by atoms with Crippen molar-refractivity contribution >= 4 is 40.3 Å². The number of carbonyl (C=O) groups excluding carboxylic acids is 2. The lowest BCUT2D eigenvalue weighted by Gasteiger charge is -2.35. The van der Waals surface area contributed by atoms with Gasteiger partial charge in [-0.15, -0.1) is 0 Å². The van der Waals surface area contributed by atoms with E-state index in [1.54, 1.807) is 29.2 Å². The Labute approximate surface area is 233 Å². The Morgan fingerprint density at radius 1 is 0.949 bits per heavy atom. The van der Waals surface area contributed by atoms with E-state index in [2.05, 4.69) is 28.4 Å². The van der Waals surface area contributed by atoms with E-state index in [9.17, 15) is 9.59 Å². The van der Waals surface area contributed by atoms with Gasteiger partial charge >= 0.3 is 6.09 Å². The van der Waals surface area contributed by atoms with Crippen molar-refractivity contribution in [3.63, 3.8) is 0 Å². The summed E-state index contributed by atoms with van der Waals surface area (Å²) in [5, 5.41) is 4.35. The average molecular weight is 546 g/mol. The van der Waals surface area contributed by atoms with Gasteiger partial charge in [-0.05, 0) is 62.7 Å². The third-order valence-electron chi connectivity index (χ3n) is 6.57. The molecule has 0 aliphatic carbocycles. The minimum absolute atomic E-state index is 0.255. The number of anilines is 1. The molecule has 7 nitrogen and oxygen atoms in total. The normalized spacial score (nSPS) is 14.4. The Hall–Kier alpha value is -3.81. The number of amides is 2. The Bertz CT molecular complexity index is 1500. The molecule has 1 fully saturated rings. The lowest BCUT2D eigenvalue weighted by molar-refractivity contribution is 0.0139. The summed E-state index contributed by atoms with van der Waals surface area (Å²) in [4.78, 5) is 29.3. The van der Waals surface area contributed by atoms with E-state index in [1.165, 1.54) is 0 Å². The second kappa shape index (κ2) is 11.1. The topological polar surface area (TPSA) is 75.0 Å². The second-order valence-electron chi connectivity index (χ2n) is 10.7. The molecule has 1 aliphatic rings. The maximum Gasteiger partial charge on any atom is 0.410 e. The molecule has 1 aromatic heterocycles. The summed E-state index contributed by atoms with van der Waals surface area (Å²) >= 11 is 6.22. The molecule has 2 amide bonds. The van der Waals surface area contributed by atoms with Crippen molar-refractivity contribution in [3.05, 3.63) is 88.9 Å².